The predicted molar refractivity (Wildman–Crippen MR) is 80.0 cm³/mol. The van der Waals surface area contributed by atoms with Gasteiger partial charge in [-0.1, -0.05) is 30.3 Å². The lowest BCUT2D eigenvalue weighted by Gasteiger charge is -2.19. The Morgan fingerprint density at radius 3 is 2.41 bits per heavy atom. The number of benzene rings is 1. The lowest BCUT2D eigenvalue weighted by molar-refractivity contribution is 0.0230. The Hall–Kier alpha value is -2.28. The molecule has 0 saturated heterocycles. The quantitative estimate of drug-likeness (QED) is 0.622. The number of rotatable bonds is 6. The number of ether oxygens (including phenoxy) is 2. The first-order chi connectivity index (χ1) is 10.4. The molecule has 0 aliphatic heterocycles. The van der Waals surface area contributed by atoms with Gasteiger partial charge in [0.1, 0.15) is 12.2 Å². The molecule has 1 aromatic carbocycles. The summed E-state index contributed by atoms with van der Waals surface area (Å²) < 4.78 is 9.97. The molecular weight excluding hydrogens is 288 g/mol. The highest BCUT2D eigenvalue weighted by atomic mass is 16.7. The molecule has 0 unspecified atom stereocenters. The number of amides is 2. The second kappa shape index (κ2) is 8.89. The third-order valence-electron chi connectivity index (χ3n) is 2.24. The van der Waals surface area contributed by atoms with Gasteiger partial charge in [-0.3, -0.25) is 4.84 Å². The molecule has 1 aromatic rings. The van der Waals surface area contributed by atoms with Crippen LogP contribution in [-0.4, -0.2) is 30.9 Å². The molecule has 0 aromatic heterocycles. The Bertz CT molecular complexity index is 471. The molecule has 2 amide bonds. The van der Waals surface area contributed by atoms with Gasteiger partial charge in [0.2, 0.25) is 0 Å². The van der Waals surface area contributed by atoms with Gasteiger partial charge < -0.3 is 14.8 Å². The van der Waals surface area contributed by atoms with Crippen molar-refractivity contribution in [2.75, 3.05) is 13.2 Å². The average Bonchev–Trinajstić information content (AvgIpc) is 2.44. The van der Waals surface area contributed by atoms with Crippen molar-refractivity contribution in [2.45, 2.75) is 33.0 Å². The van der Waals surface area contributed by atoms with Gasteiger partial charge >= 0.3 is 12.2 Å². The van der Waals surface area contributed by atoms with E-state index < -0.39 is 17.8 Å². The molecule has 0 heterocycles. The van der Waals surface area contributed by atoms with E-state index in [1.807, 2.05) is 30.3 Å². The average molecular weight is 310 g/mol. The molecule has 0 aliphatic rings. The summed E-state index contributed by atoms with van der Waals surface area (Å²) in [6.45, 7) is 5.77. The summed E-state index contributed by atoms with van der Waals surface area (Å²) >= 11 is 0. The molecule has 22 heavy (non-hydrogen) atoms. The Balaban J connectivity index is 2.04. The smallest absolute Gasteiger partial charge is 0.431 e. The number of hydrogen-bond donors (Lipinski definition) is 2. The monoisotopic (exact) mass is 310 g/mol. The number of alkyl carbamates (subject to hydrolysis) is 1. The van der Waals surface area contributed by atoms with Crippen molar-refractivity contribution in [1.29, 1.82) is 0 Å². The molecule has 0 fully saturated rings. The van der Waals surface area contributed by atoms with Gasteiger partial charge in [-0.2, -0.15) is 5.48 Å². The zero-order valence-electron chi connectivity index (χ0n) is 13.0. The van der Waals surface area contributed by atoms with Gasteiger partial charge in [0, 0.05) is 6.54 Å². The second-order valence-electron chi connectivity index (χ2n) is 5.44. The number of nitrogens with one attached hydrogen (secondary N) is 2. The summed E-state index contributed by atoms with van der Waals surface area (Å²) in [7, 11) is 0. The van der Waals surface area contributed by atoms with Crippen molar-refractivity contribution in [1.82, 2.24) is 10.8 Å². The summed E-state index contributed by atoms with van der Waals surface area (Å²) in [6, 6.07) is 9.28. The van der Waals surface area contributed by atoms with Crippen LogP contribution in [0.25, 0.3) is 0 Å². The highest BCUT2D eigenvalue weighted by Crippen LogP contribution is 2.06. The van der Waals surface area contributed by atoms with Crippen LogP contribution in [0, 0.1) is 0 Å². The van der Waals surface area contributed by atoms with E-state index in [0.29, 0.717) is 0 Å². The fourth-order valence-electron chi connectivity index (χ4n) is 1.38. The Kier molecular flexibility index (Phi) is 7.18. The molecule has 7 heteroatoms. The first-order valence-corrected chi connectivity index (χ1v) is 6.92. The van der Waals surface area contributed by atoms with E-state index in [1.165, 1.54) is 0 Å². The van der Waals surface area contributed by atoms with Gasteiger partial charge in [-0.15, -0.1) is 0 Å². The minimum Gasteiger partial charge on any atom is -0.444 e. The maximum Gasteiger partial charge on any atom is 0.431 e. The van der Waals surface area contributed by atoms with E-state index >= 15 is 0 Å². The lowest BCUT2D eigenvalue weighted by atomic mass is 10.2. The number of hydroxylamine groups is 1. The SMILES string of the molecule is CC(C)(C)OC(=O)NCCONC(=O)OCc1ccccc1. The Morgan fingerprint density at radius 1 is 1.09 bits per heavy atom. The zero-order valence-corrected chi connectivity index (χ0v) is 13.0. The van der Waals surface area contributed by atoms with Crippen molar-refractivity contribution in [3.05, 3.63) is 35.9 Å². The summed E-state index contributed by atoms with van der Waals surface area (Å²) in [4.78, 5) is 27.5. The number of carbonyl (C=O) groups excluding carboxylic acids is 2. The van der Waals surface area contributed by atoms with E-state index in [-0.39, 0.29) is 19.8 Å². The summed E-state index contributed by atoms with van der Waals surface area (Å²) in [6.07, 6.45) is -1.23. The van der Waals surface area contributed by atoms with E-state index in [4.69, 9.17) is 14.3 Å². The molecular formula is C15H22N2O5. The van der Waals surface area contributed by atoms with Crippen LogP contribution in [0.3, 0.4) is 0 Å². The van der Waals surface area contributed by atoms with Crippen LogP contribution in [0.1, 0.15) is 26.3 Å². The van der Waals surface area contributed by atoms with Crippen LogP contribution in [0.4, 0.5) is 9.59 Å². The van der Waals surface area contributed by atoms with Crippen LogP contribution in [0.5, 0.6) is 0 Å². The highest BCUT2D eigenvalue weighted by molar-refractivity contribution is 5.67. The Labute approximate surface area is 129 Å². The molecule has 0 aliphatic carbocycles. The minimum absolute atomic E-state index is 0.0969. The first-order valence-electron chi connectivity index (χ1n) is 6.92. The molecule has 0 radical (unpaired) electrons. The van der Waals surface area contributed by atoms with E-state index in [1.54, 1.807) is 20.8 Å². The zero-order chi connectivity index (χ0) is 16.4. The molecule has 7 nitrogen and oxygen atoms in total. The fourth-order valence-corrected chi connectivity index (χ4v) is 1.38. The van der Waals surface area contributed by atoms with Crippen molar-refractivity contribution >= 4 is 12.2 Å². The lowest BCUT2D eigenvalue weighted by Crippen LogP contribution is -2.35. The predicted octanol–water partition coefficient (Wildman–Crippen LogP) is 2.37. The van der Waals surface area contributed by atoms with E-state index in [2.05, 4.69) is 10.8 Å². The van der Waals surface area contributed by atoms with E-state index in [0.717, 1.165) is 5.56 Å². The molecule has 0 atom stereocenters. The van der Waals surface area contributed by atoms with Gasteiger partial charge in [-0.25, -0.2) is 9.59 Å². The summed E-state index contributed by atoms with van der Waals surface area (Å²) in [5.41, 5.74) is 2.45. The van der Waals surface area contributed by atoms with Crippen molar-refractivity contribution < 1.29 is 23.9 Å². The maximum atomic E-state index is 11.3. The standard InChI is InChI=1S/C15H22N2O5/c1-15(2,3)22-13(18)16-9-10-21-17-14(19)20-11-12-7-5-4-6-8-12/h4-8H,9-11H2,1-3H3,(H,16,18)(H,17,19). The van der Waals surface area contributed by atoms with Gasteiger partial charge in [0.25, 0.3) is 0 Å². The van der Waals surface area contributed by atoms with Crippen molar-refractivity contribution in [3.63, 3.8) is 0 Å². The van der Waals surface area contributed by atoms with Crippen LogP contribution >= 0.6 is 0 Å². The summed E-state index contributed by atoms with van der Waals surface area (Å²) in [5, 5.41) is 2.49. The van der Waals surface area contributed by atoms with Crippen LogP contribution in [0.2, 0.25) is 0 Å². The van der Waals surface area contributed by atoms with Crippen LogP contribution in [0.15, 0.2) is 30.3 Å². The number of hydrogen-bond acceptors (Lipinski definition) is 5. The molecule has 2 N–H and O–H groups in total. The molecule has 1 rings (SSSR count). The van der Waals surface area contributed by atoms with Crippen LogP contribution < -0.4 is 10.8 Å². The van der Waals surface area contributed by atoms with Crippen molar-refractivity contribution in [3.8, 4) is 0 Å². The highest BCUT2D eigenvalue weighted by Gasteiger charge is 2.15. The third kappa shape index (κ3) is 8.80. The topological polar surface area (TPSA) is 85.9 Å². The molecule has 0 saturated carbocycles. The number of carbonyl (C=O) groups is 2. The van der Waals surface area contributed by atoms with Gasteiger partial charge in [0.15, 0.2) is 0 Å². The maximum absolute atomic E-state index is 11.3. The Morgan fingerprint density at radius 2 is 1.77 bits per heavy atom. The molecule has 0 spiro atoms. The molecule has 122 valence electrons. The largest absolute Gasteiger partial charge is 0.444 e. The summed E-state index contributed by atoms with van der Waals surface area (Å²) in [5.74, 6) is 0. The van der Waals surface area contributed by atoms with Gasteiger partial charge in [-0.05, 0) is 26.3 Å². The molecule has 0 bridgehead atoms. The minimum atomic E-state index is -0.693. The van der Waals surface area contributed by atoms with Crippen molar-refractivity contribution in [2.24, 2.45) is 0 Å². The first kappa shape index (κ1) is 17.8. The van der Waals surface area contributed by atoms with E-state index in [9.17, 15) is 9.59 Å². The fraction of sp³-hybridized carbons (Fsp3) is 0.467. The third-order valence-corrected chi connectivity index (χ3v) is 2.24. The van der Waals surface area contributed by atoms with Crippen LogP contribution in [-0.2, 0) is 20.9 Å². The second-order valence-corrected chi connectivity index (χ2v) is 5.44. The van der Waals surface area contributed by atoms with Gasteiger partial charge in [0.05, 0.1) is 6.61 Å². The normalized spacial score (nSPS) is 10.7.